The lowest BCUT2D eigenvalue weighted by atomic mass is 9.83. The molecule has 1 saturated heterocycles. The topological polar surface area (TPSA) is 103 Å². The molecule has 164 valence electrons. The van der Waals surface area contributed by atoms with Crippen LogP contribution < -0.4 is 0 Å². The zero-order valence-corrected chi connectivity index (χ0v) is 16.4. The summed E-state index contributed by atoms with van der Waals surface area (Å²) in [5.74, 6) is -0.431. The van der Waals surface area contributed by atoms with Crippen LogP contribution in [0.25, 0.3) is 11.3 Å². The van der Waals surface area contributed by atoms with E-state index in [1.54, 1.807) is 32.0 Å². The van der Waals surface area contributed by atoms with E-state index in [-0.39, 0.29) is 5.69 Å². The molecule has 1 aliphatic heterocycles. The Morgan fingerprint density at radius 2 is 1.77 bits per heavy atom. The Hall–Kier alpha value is -2.04. The summed E-state index contributed by atoms with van der Waals surface area (Å²) in [6.07, 6.45) is -9.55. The minimum Gasteiger partial charge on any atom is -0.394 e. The Morgan fingerprint density at radius 1 is 1.07 bits per heavy atom. The molecule has 2 heterocycles. The van der Waals surface area contributed by atoms with Gasteiger partial charge >= 0.3 is 6.18 Å². The number of hydrogen-bond donors (Lipinski definition) is 4. The Bertz CT molecular complexity index is 889. The second kappa shape index (κ2) is 8.60. The standard InChI is InChI=1S/C21H24F3NO5/c1-10-7-12(15-8-13(5-6-25-15)21(22,23)24)3-4-14(10)11(2)20-19(29)18(28)17(27)16(9-26)30-20/h3-8,11,16-20,26-29H,9H2,1-2H3/t11?,16-,17-,18+,19+,20-/m1/s1. The summed E-state index contributed by atoms with van der Waals surface area (Å²) in [5, 5.41) is 39.7. The van der Waals surface area contributed by atoms with Crippen molar-refractivity contribution in [1.29, 1.82) is 0 Å². The Kier molecular flexibility index (Phi) is 6.49. The minimum absolute atomic E-state index is 0.181. The lowest BCUT2D eigenvalue weighted by Crippen LogP contribution is -2.59. The SMILES string of the molecule is Cc1cc(-c2cc(C(F)(F)F)ccn2)ccc1C(C)[C@H]1O[C@H](CO)[C@@H](O)[C@H](O)[C@@H]1O. The van der Waals surface area contributed by atoms with Crippen molar-refractivity contribution in [1.82, 2.24) is 4.98 Å². The van der Waals surface area contributed by atoms with Crippen LogP contribution in [0.5, 0.6) is 0 Å². The Balaban J connectivity index is 1.88. The zero-order valence-electron chi connectivity index (χ0n) is 16.4. The highest BCUT2D eigenvalue weighted by Gasteiger charge is 2.45. The number of aliphatic hydroxyl groups excluding tert-OH is 4. The highest BCUT2D eigenvalue weighted by atomic mass is 19.4. The molecule has 0 amide bonds. The first-order valence-electron chi connectivity index (χ1n) is 9.49. The third-order valence-corrected chi connectivity index (χ3v) is 5.57. The van der Waals surface area contributed by atoms with Crippen molar-refractivity contribution in [3.8, 4) is 11.3 Å². The van der Waals surface area contributed by atoms with Gasteiger partial charge in [0.1, 0.15) is 24.4 Å². The van der Waals surface area contributed by atoms with Gasteiger partial charge in [-0.15, -0.1) is 0 Å². The van der Waals surface area contributed by atoms with Crippen LogP contribution in [0.3, 0.4) is 0 Å². The smallest absolute Gasteiger partial charge is 0.394 e. The van der Waals surface area contributed by atoms with Gasteiger partial charge in [-0.05, 0) is 36.2 Å². The van der Waals surface area contributed by atoms with Gasteiger partial charge in [-0.25, -0.2) is 0 Å². The number of aromatic nitrogens is 1. The molecule has 1 aromatic carbocycles. The van der Waals surface area contributed by atoms with Crippen LogP contribution in [0, 0.1) is 6.92 Å². The molecule has 9 heteroatoms. The molecule has 0 spiro atoms. The van der Waals surface area contributed by atoms with Crippen LogP contribution >= 0.6 is 0 Å². The van der Waals surface area contributed by atoms with Gasteiger partial charge in [0, 0.05) is 17.7 Å². The molecule has 0 bridgehead atoms. The van der Waals surface area contributed by atoms with Gasteiger partial charge in [-0.2, -0.15) is 13.2 Å². The van der Waals surface area contributed by atoms with Crippen LogP contribution in [0.4, 0.5) is 13.2 Å². The van der Waals surface area contributed by atoms with Crippen LogP contribution in [-0.4, -0.2) is 62.5 Å². The summed E-state index contributed by atoms with van der Waals surface area (Å²) < 4.78 is 44.5. The van der Waals surface area contributed by atoms with Gasteiger partial charge in [0.15, 0.2) is 0 Å². The Labute approximate surface area is 171 Å². The van der Waals surface area contributed by atoms with Gasteiger partial charge < -0.3 is 25.2 Å². The number of alkyl halides is 3. The van der Waals surface area contributed by atoms with Crippen molar-refractivity contribution in [2.75, 3.05) is 6.61 Å². The van der Waals surface area contributed by atoms with Crippen molar-refractivity contribution < 1.29 is 38.3 Å². The normalized spacial score (nSPS) is 28.4. The molecule has 4 N–H and O–H groups in total. The maximum absolute atomic E-state index is 13.0. The van der Waals surface area contributed by atoms with Crippen LogP contribution in [0.1, 0.15) is 29.5 Å². The van der Waals surface area contributed by atoms with Crippen molar-refractivity contribution in [3.05, 3.63) is 53.2 Å². The van der Waals surface area contributed by atoms with E-state index in [4.69, 9.17) is 4.74 Å². The first-order chi connectivity index (χ1) is 14.0. The van der Waals surface area contributed by atoms with E-state index in [0.29, 0.717) is 5.56 Å². The van der Waals surface area contributed by atoms with Crippen LogP contribution in [0.15, 0.2) is 36.5 Å². The van der Waals surface area contributed by atoms with E-state index in [1.807, 2.05) is 0 Å². The number of benzene rings is 1. The number of ether oxygens (including phenoxy) is 1. The number of rotatable bonds is 4. The molecule has 6 atom stereocenters. The van der Waals surface area contributed by atoms with E-state index in [0.717, 1.165) is 29.5 Å². The summed E-state index contributed by atoms with van der Waals surface area (Å²) in [6.45, 7) is 3.01. The van der Waals surface area contributed by atoms with Crippen molar-refractivity contribution in [2.24, 2.45) is 0 Å². The lowest BCUT2D eigenvalue weighted by molar-refractivity contribution is -0.233. The predicted octanol–water partition coefficient (Wildman–Crippen LogP) is 2.02. The van der Waals surface area contributed by atoms with Gasteiger partial charge in [-0.3, -0.25) is 4.98 Å². The first kappa shape index (κ1) is 22.6. The van der Waals surface area contributed by atoms with Gasteiger partial charge in [0.25, 0.3) is 0 Å². The molecular weight excluding hydrogens is 403 g/mol. The summed E-state index contributed by atoms with van der Waals surface area (Å²) in [7, 11) is 0. The molecular formula is C21H24F3NO5. The van der Waals surface area contributed by atoms with Crippen LogP contribution in [0.2, 0.25) is 0 Å². The molecule has 1 aliphatic rings. The average molecular weight is 427 g/mol. The lowest BCUT2D eigenvalue weighted by Gasteiger charge is -2.42. The number of pyridine rings is 1. The number of aryl methyl sites for hydroxylation is 1. The number of halogens is 3. The number of nitrogens with zero attached hydrogens (tertiary/aromatic N) is 1. The number of aliphatic hydroxyl groups is 4. The molecule has 0 aliphatic carbocycles. The first-order valence-corrected chi connectivity index (χ1v) is 9.49. The third kappa shape index (κ3) is 4.35. The van der Waals surface area contributed by atoms with Crippen LogP contribution in [-0.2, 0) is 10.9 Å². The minimum atomic E-state index is -4.47. The molecule has 0 saturated carbocycles. The summed E-state index contributed by atoms with van der Waals surface area (Å²) in [5.41, 5.74) is 1.37. The fraction of sp³-hybridized carbons (Fsp3) is 0.476. The van der Waals surface area contributed by atoms with E-state index in [1.165, 1.54) is 0 Å². The molecule has 30 heavy (non-hydrogen) atoms. The van der Waals surface area contributed by atoms with Gasteiger partial charge in [-0.1, -0.05) is 19.1 Å². The van der Waals surface area contributed by atoms with Crippen molar-refractivity contribution in [2.45, 2.75) is 56.5 Å². The number of hydrogen-bond acceptors (Lipinski definition) is 6. The third-order valence-electron chi connectivity index (χ3n) is 5.57. The summed E-state index contributed by atoms with van der Waals surface area (Å²) >= 11 is 0. The quantitative estimate of drug-likeness (QED) is 0.596. The fourth-order valence-electron chi connectivity index (χ4n) is 3.83. The monoisotopic (exact) mass is 427 g/mol. The van der Waals surface area contributed by atoms with E-state index < -0.39 is 54.8 Å². The molecule has 0 radical (unpaired) electrons. The molecule has 2 aromatic rings. The second-order valence-electron chi connectivity index (χ2n) is 7.58. The maximum atomic E-state index is 13.0. The second-order valence-corrected chi connectivity index (χ2v) is 7.58. The fourth-order valence-corrected chi connectivity index (χ4v) is 3.83. The largest absolute Gasteiger partial charge is 0.416 e. The van der Waals surface area contributed by atoms with Crippen molar-refractivity contribution in [3.63, 3.8) is 0 Å². The van der Waals surface area contributed by atoms with E-state index >= 15 is 0 Å². The summed E-state index contributed by atoms with van der Waals surface area (Å²) in [4.78, 5) is 4.03. The highest BCUT2D eigenvalue weighted by Crippen LogP contribution is 2.35. The molecule has 1 aromatic heterocycles. The van der Waals surface area contributed by atoms with E-state index in [2.05, 4.69) is 4.98 Å². The van der Waals surface area contributed by atoms with E-state index in [9.17, 15) is 33.6 Å². The summed E-state index contributed by atoms with van der Waals surface area (Å²) in [6, 6.07) is 6.92. The molecule has 6 nitrogen and oxygen atoms in total. The molecule has 3 rings (SSSR count). The van der Waals surface area contributed by atoms with Gasteiger partial charge in [0.2, 0.25) is 0 Å². The predicted molar refractivity (Wildman–Crippen MR) is 102 cm³/mol. The zero-order chi connectivity index (χ0) is 22.2. The Morgan fingerprint density at radius 3 is 2.37 bits per heavy atom. The molecule has 1 fully saturated rings. The average Bonchev–Trinajstić information content (AvgIpc) is 2.71. The van der Waals surface area contributed by atoms with Crippen molar-refractivity contribution >= 4 is 0 Å². The maximum Gasteiger partial charge on any atom is 0.416 e. The highest BCUT2D eigenvalue weighted by molar-refractivity contribution is 5.62. The molecule has 1 unspecified atom stereocenters. The van der Waals surface area contributed by atoms with Gasteiger partial charge in [0.05, 0.1) is 24.0 Å².